The molecule has 0 aromatic rings. The van der Waals surface area contributed by atoms with E-state index >= 15 is 0 Å². The zero-order chi connectivity index (χ0) is 6.81. The summed E-state index contributed by atoms with van der Waals surface area (Å²) in [6, 6.07) is 0. The Labute approximate surface area is 62.7 Å². The van der Waals surface area contributed by atoms with Crippen molar-refractivity contribution in [3.63, 3.8) is 0 Å². The van der Waals surface area contributed by atoms with E-state index in [1.54, 1.807) is 0 Å². The van der Waals surface area contributed by atoms with Gasteiger partial charge in [-0.25, -0.2) is 0 Å². The van der Waals surface area contributed by atoms with E-state index in [0.717, 1.165) is 12.8 Å². The third kappa shape index (κ3) is 0.860. The van der Waals surface area contributed by atoms with E-state index in [9.17, 15) is 0 Å². The Hall–Kier alpha value is -1.04. The SMILES string of the molecule is C1=CCC(C2=CC=CC2)=C1.[HH]. The van der Waals surface area contributed by atoms with Crippen molar-refractivity contribution in [1.29, 1.82) is 0 Å². The maximum atomic E-state index is 2.21. The maximum absolute atomic E-state index is 2.21. The lowest BCUT2D eigenvalue weighted by molar-refractivity contribution is 1.18. The Kier molecular flexibility index (Phi) is 1.31. The van der Waals surface area contributed by atoms with Crippen LogP contribution >= 0.6 is 0 Å². The zero-order valence-corrected chi connectivity index (χ0v) is 5.88. The topological polar surface area (TPSA) is 0 Å². The Morgan fingerprint density at radius 1 is 0.900 bits per heavy atom. The molecule has 0 unspecified atom stereocenters. The molecular weight excluding hydrogens is 120 g/mol. The van der Waals surface area contributed by atoms with Gasteiger partial charge in [-0.05, 0) is 24.0 Å². The largest absolute Gasteiger partial charge is 0.0801 e. The third-order valence-corrected chi connectivity index (χ3v) is 1.95. The van der Waals surface area contributed by atoms with Gasteiger partial charge < -0.3 is 0 Å². The highest BCUT2D eigenvalue weighted by Crippen LogP contribution is 2.25. The van der Waals surface area contributed by atoms with Crippen molar-refractivity contribution in [2.75, 3.05) is 0 Å². The lowest BCUT2D eigenvalue weighted by Crippen LogP contribution is -1.80. The Balaban J connectivity index is 0.000000605. The second kappa shape index (κ2) is 2.30. The summed E-state index contributed by atoms with van der Waals surface area (Å²) in [5, 5.41) is 0. The lowest BCUT2D eigenvalue weighted by Gasteiger charge is -1.99. The third-order valence-electron chi connectivity index (χ3n) is 1.95. The summed E-state index contributed by atoms with van der Waals surface area (Å²) < 4.78 is 0. The molecule has 0 aromatic heterocycles. The molecule has 0 aromatic carbocycles. The van der Waals surface area contributed by atoms with Crippen molar-refractivity contribution in [1.82, 2.24) is 0 Å². The first-order chi connectivity index (χ1) is 4.97. The van der Waals surface area contributed by atoms with Crippen molar-refractivity contribution in [3.05, 3.63) is 47.6 Å². The summed E-state index contributed by atoms with van der Waals surface area (Å²) in [7, 11) is 0. The van der Waals surface area contributed by atoms with E-state index < -0.39 is 0 Å². The molecule has 2 rings (SSSR count). The second-order valence-corrected chi connectivity index (χ2v) is 2.65. The van der Waals surface area contributed by atoms with E-state index in [2.05, 4.69) is 36.5 Å². The van der Waals surface area contributed by atoms with Crippen molar-refractivity contribution >= 4 is 0 Å². The van der Waals surface area contributed by atoms with Crippen LogP contribution in [0.2, 0.25) is 0 Å². The highest BCUT2D eigenvalue weighted by Gasteiger charge is 2.05. The van der Waals surface area contributed by atoms with Gasteiger partial charge in [-0.1, -0.05) is 36.5 Å². The molecule has 0 radical (unpaired) electrons. The summed E-state index contributed by atoms with van der Waals surface area (Å²) in [4.78, 5) is 0. The molecule has 0 saturated heterocycles. The highest BCUT2D eigenvalue weighted by atomic mass is 14.1. The molecule has 2 aliphatic carbocycles. The standard InChI is InChI=1S/C10H10.H2/c1-2-6-9(5-1)10-7-3-4-8-10;/h1-5,7H,6,8H2;1H. The minimum atomic E-state index is 0. The van der Waals surface area contributed by atoms with Crippen LogP contribution in [-0.4, -0.2) is 0 Å². The van der Waals surface area contributed by atoms with Gasteiger partial charge in [0, 0.05) is 1.43 Å². The molecule has 2 aliphatic rings. The summed E-state index contributed by atoms with van der Waals surface area (Å²) in [5.41, 5.74) is 2.98. The molecule has 52 valence electrons. The highest BCUT2D eigenvalue weighted by molar-refractivity contribution is 5.44. The van der Waals surface area contributed by atoms with Crippen molar-refractivity contribution in [3.8, 4) is 0 Å². The van der Waals surface area contributed by atoms with Gasteiger partial charge in [0.1, 0.15) is 0 Å². The normalized spacial score (nSPS) is 21.6. The van der Waals surface area contributed by atoms with Crippen LogP contribution in [0.3, 0.4) is 0 Å². The van der Waals surface area contributed by atoms with Crippen LogP contribution < -0.4 is 0 Å². The van der Waals surface area contributed by atoms with Crippen molar-refractivity contribution in [2.45, 2.75) is 12.8 Å². The van der Waals surface area contributed by atoms with Crippen molar-refractivity contribution in [2.24, 2.45) is 0 Å². The van der Waals surface area contributed by atoms with Crippen LogP contribution in [0, 0.1) is 0 Å². The Morgan fingerprint density at radius 3 is 1.70 bits per heavy atom. The molecule has 0 heteroatoms. The van der Waals surface area contributed by atoms with Gasteiger partial charge in [-0.3, -0.25) is 0 Å². The van der Waals surface area contributed by atoms with Crippen LogP contribution in [0.5, 0.6) is 0 Å². The van der Waals surface area contributed by atoms with Crippen LogP contribution in [0.15, 0.2) is 47.6 Å². The monoisotopic (exact) mass is 132 g/mol. The van der Waals surface area contributed by atoms with Gasteiger partial charge in [0.25, 0.3) is 0 Å². The molecule has 0 nitrogen and oxygen atoms in total. The zero-order valence-electron chi connectivity index (χ0n) is 5.88. The van der Waals surface area contributed by atoms with Gasteiger partial charge in [0.15, 0.2) is 0 Å². The van der Waals surface area contributed by atoms with Crippen LogP contribution in [0.4, 0.5) is 0 Å². The average Bonchev–Trinajstić information content (AvgIpc) is 2.59. The predicted octanol–water partition coefficient (Wildman–Crippen LogP) is 3.01. The van der Waals surface area contributed by atoms with Gasteiger partial charge in [0.2, 0.25) is 0 Å². The maximum Gasteiger partial charge on any atom is 0 e. The fourth-order valence-electron chi connectivity index (χ4n) is 1.37. The first-order valence-electron chi connectivity index (χ1n) is 3.68. The molecule has 0 heterocycles. The molecule has 0 amide bonds. The number of allylic oxidation sites excluding steroid dienone is 8. The second-order valence-electron chi connectivity index (χ2n) is 2.65. The Morgan fingerprint density at radius 2 is 1.40 bits per heavy atom. The predicted molar refractivity (Wildman–Crippen MR) is 45.8 cm³/mol. The molecule has 0 N–H and O–H groups in total. The Bertz CT molecular complexity index is 226. The first kappa shape index (κ1) is 5.72. The van der Waals surface area contributed by atoms with Crippen LogP contribution in [0.25, 0.3) is 0 Å². The van der Waals surface area contributed by atoms with Gasteiger partial charge in [-0.15, -0.1) is 0 Å². The molecule has 0 bridgehead atoms. The molecule has 0 fully saturated rings. The van der Waals surface area contributed by atoms with Crippen molar-refractivity contribution < 1.29 is 1.43 Å². The fraction of sp³-hybridized carbons (Fsp3) is 0.200. The van der Waals surface area contributed by atoms with E-state index in [4.69, 9.17) is 0 Å². The number of rotatable bonds is 1. The summed E-state index contributed by atoms with van der Waals surface area (Å²) in [5.74, 6) is 0. The van der Waals surface area contributed by atoms with Crippen LogP contribution in [-0.2, 0) is 0 Å². The molecule has 0 saturated carbocycles. The van der Waals surface area contributed by atoms with Gasteiger partial charge in [-0.2, -0.15) is 0 Å². The quantitative estimate of drug-likeness (QED) is 0.514. The molecule has 0 spiro atoms. The number of hydrogen-bond acceptors (Lipinski definition) is 0. The minimum Gasteiger partial charge on any atom is -0.0801 e. The van der Waals surface area contributed by atoms with Gasteiger partial charge in [0.05, 0.1) is 0 Å². The van der Waals surface area contributed by atoms with E-state index in [-0.39, 0.29) is 1.43 Å². The number of hydrogen-bond donors (Lipinski definition) is 0. The average molecular weight is 132 g/mol. The summed E-state index contributed by atoms with van der Waals surface area (Å²) in [6.45, 7) is 0. The molecule has 0 atom stereocenters. The summed E-state index contributed by atoms with van der Waals surface area (Å²) in [6.07, 6.45) is 15.4. The smallest absolute Gasteiger partial charge is 0 e. The minimum absolute atomic E-state index is 0. The first-order valence-corrected chi connectivity index (χ1v) is 3.68. The fourth-order valence-corrected chi connectivity index (χ4v) is 1.37. The molecule has 0 aliphatic heterocycles. The van der Waals surface area contributed by atoms with E-state index in [0.29, 0.717) is 0 Å². The van der Waals surface area contributed by atoms with Crippen LogP contribution in [0.1, 0.15) is 14.3 Å². The van der Waals surface area contributed by atoms with E-state index in [1.807, 2.05) is 0 Å². The molecule has 10 heavy (non-hydrogen) atoms. The van der Waals surface area contributed by atoms with E-state index in [1.165, 1.54) is 11.1 Å². The van der Waals surface area contributed by atoms with Gasteiger partial charge >= 0.3 is 0 Å². The lowest BCUT2D eigenvalue weighted by atomic mass is 10.1. The summed E-state index contributed by atoms with van der Waals surface area (Å²) >= 11 is 0. The molecular formula is C10H12.